The first-order chi connectivity index (χ1) is 13.4. The molecule has 6 nitrogen and oxygen atoms in total. The van der Waals surface area contributed by atoms with Gasteiger partial charge in [-0.1, -0.05) is 11.6 Å². The molecule has 2 aliphatic rings. The molecule has 8 heteroatoms. The van der Waals surface area contributed by atoms with Crippen LogP contribution in [0, 0.1) is 5.82 Å². The fourth-order valence-corrected chi connectivity index (χ4v) is 3.63. The van der Waals surface area contributed by atoms with Crippen molar-refractivity contribution >= 4 is 34.8 Å². The molecular weight excluding hydrogens is 385 g/mol. The first kappa shape index (κ1) is 18.6. The second-order valence-electron chi connectivity index (χ2n) is 6.99. The van der Waals surface area contributed by atoms with Crippen molar-refractivity contribution in [2.75, 3.05) is 36.4 Å². The van der Waals surface area contributed by atoms with Crippen molar-refractivity contribution in [2.45, 2.75) is 12.5 Å². The summed E-state index contributed by atoms with van der Waals surface area (Å²) in [4.78, 5) is 29.4. The number of carbonyl (C=O) groups is 2. The van der Waals surface area contributed by atoms with Crippen LogP contribution in [0.15, 0.2) is 42.5 Å². The molecule has 4 rings (SSSR count). The number of rotatable bonds is 2. The number of carbonyl (C=O) groups excluding carboxylic acids is 2. The van der Waals surface area contributed by atoms with Crippen LogP contribution >= 0.6 is 11.6 Å². The minimum absolute atomic E-state index is 0.285. The van der Waals surface area contributed by atoms with Crippen LogP contribution in [0.2, 0.25) is 5.02 Å². The van der Waals surface area contributed by atoms with Gasteiger partial charge in [0.1, 0.15) is 11.6 Å². The number of fused-ring (bicyclic) bond motifs is 1. The van der Waals surface area contributed by atoms with E-state index in [4.69, 9.17) is 16.3 Å². The molecule has 28 heavy (non-hydrogen) atoms. The molecule has 2 heterocycles. The summed E-state index contributed by atoms with van der Waals surface area (Å²) in [5.41, 5.74) is -0.292. The standard InChI is InChI=1S/C20H19ClFN3O3/c1-20(18(26)23-16-12-13(21)2-7-17(16)28-20)19(27)25-10-8-24(9-11-25)15-5-3-14(22)4-6-15/h2-7,12H,8-11H2,1H3,(H,23,26). The molecule has 146 valence electrons. The SMILES string of the molecule is CC1(C(=O)N2CCN(c3ccc(F)cc3)CC2)Oc2ccc(Cl)cc2NC1=O. The van der Waals surface area contributed by atoms with E-state index >= 15 is 0 Å². The van der Waals surface area contributed by atoms with Crippen LogP contribution in [0.5, 0.6) is 5.75 Å². The lowest BCUT2D eigenvalue weighted by Gasteiger charge is -2.41. The molecule has 2 aromatic rings. The molecule has 1 saturated heterocycles. The van der Waals surface area contributed by atoms with Gasteiger partial charge in [-0.15, -0.1) is 0 Å². The van der Waals surface area contributed by atoms with Crippen molar-refractivity contribution < 1.29 is 18.7 Å². The van der Waals surface area contributed by atoms with Crippen molar-refractivity contribution in [3.05, 3.63) is 53.3 Å². The van der Waals surface area contributed by atoms with Gasteiger partial charge in [0.25, 0.3) is 17.4 Å². The van der Waals surface area contributed by atoms with Crippen molar-refractivity contribution in [3.63, 3.8) is 0 Å². The molecule has 0 aliphatic carbocycles. The quantitative estimate of drug-likeness (QED) is 0.783. The van der Waals surface area contributed by atoms with Crippen molar-refractivity contribution in [1.29, 1.82) is 0 Å². The van der Waals surface area contributed by atoms with Crippen LogP contribution in [0.4, 0.5) is 15.8 Å². The monoisotopic (exact) mass is 403 g/mol. The summed E-state index contributed by atoms with van der Waals surface area (Å²) >= 11 is 5.95. The summed E-state index contributed by atoms with van der Waals surface area (Å²) < 4.78 is 18.9. The van der Waals surface area contributed by atoms with Crippen LogP contribution in [-0.2, 0) is 9.59 Å². The van der Waals surface area contributed by atoms with Gasteiger partial charge < -0.3 is 19.9 Å². The fourth-order valence-electron chi connectivity index (χ4n) is 3.46. The fraction of sp³-hybridized carbons (Fsp3) is 0.300. The Labute approximate surface area is 166 Å². The number of anilines is 2. The van der Waals surface area contributed by atoms with E-state index in [2.05, 4.69) is 10.2 Å². The Bertz CT molecular complexity index is 929. The van der Waals surface area contributed by atoms with E-state index in [1.165, 1.54) is 19.1 Å². The van der Waals surface area contributed by atoms with Crippen LogP contribution < -0.4 is 15.0 Å². The third kappa shape index (κ3) is 3.26. The zero-order valence-corrected chi connectivity index (χ0v) is 16.0. The van der Waals surface area contributed by atoms with Crippen LogP contribution in [0.25, 0.3) is 0 Å². The Morgan fingerprint density at radius 2 is 1.82 bits per heavy atom. The molecule has 0 radical (unpaired) electrons. The molecule has 1 fully saturated rings. The van der Waals surface area contributed by atoms with Crippen molar-refractivity contribution in [3.8, 4) is 5.75 Å². The number of halogens is 2. The summed E-state index contributed by atoms with van der Waals surface area (Å²) in [6, 6.07) is 11.1. The molecule has 1 atom stereocenters. The zero-order valence-electron chi connectivity index (χ0n) is 15.2. The number of ether oxygens (including phenoxy) is 1. The number of hydrogen-bond acceptors (Lipinski definition) is 4. The van der Waals surface area contributed by atoms with Gasteiger partial charge in [0.15, 0.2) is 0 Å². The third-order valence-corrected chi connectivity index (χ3v) is 5.34. The predicted octanol–water partition coefficient (Wildman–Crippen LogP) is 2.92. The number of nitrogens with zero attached hydrogens (tertiary/aromatic N) is 2. The number of piperazine rings is 1. The molecule has 2 aliphatic heterocycles. The third-order valence-electron chi connectivity index (χ3n) is 5.10. The second-order valence-corrected chi connectivity index (χ2v) is 7.42. The Morgan fingerprint density at radius 1 is 1.14 bits per heavy atom. The van der Waals surface area contributed by atoms with Gasteiger partial charge in [0.2, 0.25) is 0 Å². The topological polar surface area (TPSA) is 61.9 Å². The van der Waals surface area contributed by atoms with E-state index in [9.17, 15) is 14.0 Å². The van der Waals surface area contributed by atoms with E-state index in [0.717, 1.165) is 5.69 Å². The number of hydrogen-bond donors (Lipinski definition) is 1. The molecule has 2 aromatic carbocycles. The Balaban J connectivity index is 1.46. The molecule has 1 N–H and O–H groups in total. The highest BCUT2D eigenvalue weighted by Gasteiger charge is 2.49. The summed E-state index contributed by atoms with van der Waals surface area (Å²) in [5.74, 6) is -0.782. The average molecular weight is 404 g/mol. The van der Waals surface area contributed by atoms with E-state index in [0.29, 0.717) is 42.6 Å². The van der Waals surface area contributed by atoms with Crippen molar-refractivity contribution in [1.82, 2.24) is 4.90 Å². The highest BCUT2D eigenvalue weighted by atomic mass is 35.5. The lowest BCUT2D eigenvalue weighted by Crippen LogP contribution is -2.62. The number of nitrogens with one attached hydrogen (secondary N) is 1. The maximum atomic E-state index is 13.1. The normalized spacial score (nSPS) is 21.6. The molecule has 0 bridgehead atoms. The smallest absolute Gasteiger partial charge is 0.278 e. The van der Waals surface area contributed by atoms with E-state index in [1.54, 1.807) is 35.2 Å². The highest BCUT2D eigenvalue weighted by Crippen LogP contribution is 2.36. The molecule has 0 saturated carbocycles. The lowest BCUT2D eigenvalue weighted by molar-refractivity contribution is -0.154. The first-order valence-corrected chi connectivity index (χ1v) is 9.34. The molecule has 0 spiro atoms. The van der Waals surface area contributed by atoms with Crippen LogP contribution in [-0.4, -0.2) is 48.5 Å². The predicted molar refractivity (Wildman–Crippen MR) is 104 cm³/mol. The van der Waals surface area contributed by atoms with Gasteiger partial charge >= 0.3 is 0 Å². The van der Waals surface area contributed by atoms with Gasteiger partial charge in [-0.05, 0) is 49.4 Å². The summed E-state index contributed by atoms with van der Waals surface area (Å²) in [6.07, 6.45) is 0. The summed E-state index contributed by atoms with van der Waals surface area (Å²) in [6.45, 7) is 3.53. The van der Waals surface area contributed by atoms with Gasteiger partial charge in [-0.2, -0.15) is 0 Å². The Hall–Kier alpha value is -2.80. The van der Waals surface area contributed by atoms with E-state index < -0.39 is 11.5 Å². The molecular formula is C20H19ClFN3O3. The van der Waals surface area contributed by atoms with E-state index in [-0.39, 0.29) is 11.7 Å². The summed E-state index contributed by atoms with van der Waals surface area (Å²) in [5, 5.41) is 3.18. The lowest BCUT2D eigenvalue weighted by atomic mass is 10.00. The molecule has 2 amide bonds. The average Bonchev–Trinajstić information content (AvgIpc) is 2.69. The first-order valence-electron chi connectivity index (χ1n) is 8.97. The van der Waals surface area contributed by atoms with Gasteiger partial charge in [-0.3, -0.25) is 9.59 Å². The van der Waals surface area contributed by atoms with Crippen molar-refractivity contribution in [2.24, 2.45) is 0 Å². The number of benzene rings is 2. The maximum absolute atomic E-state index is 13.1. The van der Waals surface area contributed by atoms with Gasteiger partial charge in [-0.25, -0.2) is 4.39 Å². The van der Waals surface area contributed by atoms with Crippen LogP contribution in [0.3, 0.4) is 0 Å². The summed E-state index contributed by atoms with van der Waals surface area (Å²) in [7, 11) is 0. The second kappa shape index (κ2) is 6.98. The maximum Gasteiger partial charge on any atom is 0.278 e. The Kier molecular flexibility index (Phi) is 4.63. The van der Waals surface area contributed by atoms with Gasteiger partial charge in [0.05, 0.1) is 5.69 Å². The van der Waals surface area contributed by atoms with E-state index in [1.807, 2.05) is 0 Å². The largest absolute Gasteiger partial charge is 0.466 e. The minimum Gasteiger partial charge on any atom is -0.466 e. The molecule has 0 aromatic heterocycles. The Morgan fingerprint density at radius 3 is 2.50 bits per heavy atom. The minimum atomic E-state index is -1.64. The highest BCUT2D eigenvalue weighted by molar-refractivity contribution is 6.31. The van der Waals surface area contributed by atoms with Gasteiger partial charge in [0, 0.05) is 36.9 Å². The molecule has 1 unspecified atom stereocenters. The van der Waals surface area contributed by atoms with Crippen LogP contribution in [0.1, 0.15) is 6.92 Å². The zero-order chi connectivity index (χ0) is 19.9. The number of amides is 2.